The highest BCUT2D eigenvalue weighted by Crippen LogP contribution is 2.23. The van der Waals surface area contributed by atoms with E-state index in [1.54, 1.807) is 16.8 Å². The molecule has 2 aromatic rings. The lowest BCUT2D eigenvalue weighted by Gasteiger charge is -2.15. The van der Waals surface area contributed by atoms with Gasteiger partial charge >= 0.3 is 0 Å². The molecule has 3 heterocycles. The fourth-order valence-electron chi connectivity index (χ4n) is 1.87. The summed E-state index contributed by atoms with van der Waals surface area (Å²) in [6, 6.07) is 3.30. The number of anilines is 1. The van der Waals surface area contributed by atoms with Crippen LogP contribution in [0.15, 0.2) is 24.5 Å². The van der Waals surface area contributed by atoms with Crippen molar-refractivity contribution in [1.29, 1.82) is 0 Å². The fraction of sp³-hybridized carbons (Fsp3) is 0.250. The number of hydrogen-bond donors (Lipinski definition) is 1. The lowest BCUT2D eigenvalue weighted by Crippen LogP contribution is -2.18. The van der Waals surface area contributed by atoms with Crippen molar-refractivity contribution in [3.63, 3.8) is 0 Å². The van der Waals surface area contributed by atoms with Gasteiger partial charge in [0.2, 0.25) is 5.88 Å². The van der Waals surface area contributed by atoms with Gasteiger partial charge in [-0.3, -0.25) is 4.79 Å². The van der Waals surface area contributed by atoms with E-state index in [-0.39, 0.29) is 5.91 Å². The van der Waals surface area contributed by atoms with E-state index in [0.29, 0.717) is 28.9 Å². The molecular weight excluding hydrogens is 268 g/mol. The maximum absolute atomic E-state index is 12.1. The van der Waals surface area contributed by atoms with Gasteiger partial charge in [-0.2, -0.15) is 5.10 Å². The molecule has 6 nitrogen and oxygen atoms in total. The largest absolute Gasteiger partial charge is 0.477 e. The fourth-order valence-corrected chi connectivity index (χ4v) is 1.98. The molecule has 0 fully saturated rings. The first-order valence-corrected chi connectivity index (χ1v) is 6.23. The van der Waals surface area contributed by atoms with E-state index >= 15 is 0 Å². The van der Waals surface area contributed by atoms with Crippen LogP contribution in [0.4, 0.5) is 5.69 Å². The maximum atomic E-state index is 12.1. The minimum atomic E-state index is -0.271. The third-order valence-electron chi connectivity index (χ3n) is 2.77. The van der Waals surface area contributed by atoms with Gasteiger partial charge < -0.3 is 10.1 Å². The number of nitrogens with zero attached hydrogens (tertiary/aromatic N) is 3. The summed E-state index contributed by atoms with van der Waals surface area (Å²) in [7, 11) is 0. The Morgan fingerprint density at radius 2 is 2.32 bits per heavy atom. The maximum Gasteiger partial charge on any atom is 0.262 e. The van der Waals surface area contributed by atoms with Gasteiger partial charge in [0, 0.05) is 13.0 Å². The molecule has 0 aromatic carbocycles. The van der Waals surface area contributed by atoms with Crippen LogP contribution in [0.5, 0.6) is 5.88 Å². The SMILES string of the molecule is O=C(Nc1ccc(Cl)nc1)c1cnn2c1OCCC2. The molecule has 1 aliphatic rings. The van der Waals surface area contributed by atoms with E-state index in [9.17, 15) is 4.79 Å². The highest BCUT2D eigenvalue weighted by molar-refractivity contribution is 6.29. The van der Waals surface area contributed by atoms with Gasteiger partial charge in [0.25, 0.3) is 5.91 Å². The lowest BCUT2D eigenvalue weighted by atomic mass is 10.3. The third kappa shape index (κ3) is 2.39. The molecule has 1 N–H and O–H groups in total. The van der Waals surface area contributed by atoms with Gasteiger partial charge in [-0.1, -0.05) is 11.6 Å². The van der Waals surface area contributed by atoms with Crippen LogP contribution in [0.3, 0.4) is 0 Å². The lowest BCUT2D eigenvalue weighted by molar-refractivity contribution is 0.102. The first-order valence-electron chi connectivity index (χ1n) is 5.85. The molecule has 19 heavy (non-hydrogen) atoms. The van der Waals surface area contributed by atoms with Crippen molar-refractivity contribution < 1.29 is 9.53 Å². The zero-order chi connectivity index (χ0) is 13.2. The topological polar surface area (TPSA) is 69.0 Å². The number of pyridine rings is 1. The Balaban J connectivity index is 1.80. The molecule has 0 radical (unpaired) electrons. The number of aromatic nitrogens is 3. The van der Waals surface area contributed by atoms with Crippen LogP contribution in [0, 0.1) is 0 Å². The summed E-state index contributed by atoms with van der Waals surface area (Å²) in [5, 5.41) is 7.23. The summed E-state index contributed by atoms with van der Waals surface area (Å²) < 4.78 is 7.17. The smallest absolute Gasteiger partial charge is 0.262 e. The summed E-state index contributed by atoms with van der Waals surface area (Å²) in [5.74, 6) is 0.248. The van der Waals surface area contributed by atoms with Crippen molar-refractivity contribution in [1.82, 2.24) is 14.8 Å². The number of nitrogens with one attached hydrogen (secondary N) is 1. The molecule has 0 saturated heterocycles. The molecule has 0 spiro atoms. The van der Waals surface area contributed by atoms with Gasteiger partial charge in [-0.25, -0.2) is 9.67 Å². The average molecular weight is 279 g/mol. The van der Waals surface area contributed by atoms with Gasteiger partial charge in [-0.15, -0.1) is 0 Å². The summed E-state index contributed by atoms with van der Waals surface area (Å²) >= 11 is 5.69. The second kappa shape index (κ2) is 4.89. The van der Waals surface area contributed by atoms with Crippen LogP contribution in [-0.2, 0) is 6.54 Å². The predicted octanol–water partition coefficient (Wildman–Crippen LogP) is 1.97. The van der Waals surface area contributed by atoms with Crippen molar-refractivity contribution in [3.05, 3.63) is 35.2 Å². The van der Waals surface area contributed by atoms with Crippen molar-refractivity contribution in [2.75, 3.05) is 11.9 Å². The van der Waals surface area contributed by atoms with Crippen LogP contribution < -0.4 is 10.1 Å². The van der Waals surface area contributed by atoms with Crippen LogP contribution >= 0.6 is 11.6 Å². The molecule has 0 aliphatic carbocycles. The highest BCUT2D eigenvalue weighted by atomic mass is 35.5. The van der Waals surface area contributed by atoms with Crippen LogP contribution in [0.25, 0.3) is 0 Å². The number of ether oxygens (including phenoxy) is 1. The van der Waals surface area contributed by atoms with E-state index in [4.69, 9.17) is 16.3 Å². The number of fused-ring (bicyclic) bond motifs is 1. The molecule has 0 atom stereocenters. The van der Waals surface area contributed by atoms with Gasteiger partial charge in [-0.05, 0) is 12.1 Å². The second-order valence-electron chi connectivity index (χ2n) is 4.11. The molecule has 3 rings (SSSR count). The number of halogens is 1. The number of rotatable bonds is 2. The van der Waals surface area contributed by atoms with Gasteiger partial charge in [0.15, 0.2) is 0 Å². The van der Waals surface area contributed by atoms with Crippen LogP contribution in [0.2, 0.25) is 5.15 Å². The molecule has 0 saturated carbocycles. The monoisotopic (exact) mass is 278 g/mol. The molecule has 1 amide bonds. The van der Waals surface area contributed by atoms with Crippen molar-refractivity contribution in [2.24, 2.45) is 0 Å². The zero-order valence-corrected chi connectivity index (χ0v) is 10.7. The average Bonchev–Trinajstić information content (AvgIpc) is 2.85. The second-order valence-corrected chi connectivity index (χ2v) is 4.50. The molecule has 0 unspecified atom stereocenters. The Morgan fingerprint density at radius 3 is 3.11 bits per heavy atom. The van der Waals surface area contributed by atoms with E-state index in [0.717, 1.165) is 13.0 Å². The van der Waals surface area contributed by atoms with Gasteiger partial charge in [0.1, 0.15) is 10.7 Å². The minimum Gasteiger partial charge on any atom is -0.477 e. The molecule has 0 bridgehead atoms. The standard InChI is InChI=1S/C12H11ClN4O2/c13-10-3-2-8(6-14-10)16-11(18)9-7-15-17-4-1-5-19-12(9)17/h2-3,6-7H,1,4-5H2,(H,16,18). The number of carbonyl (C=O) groups is 1. The van der Waals surface area contributed by atoms with Crippen LogP contribution in [-0.4, -0.2) is 27.3 Å². The summed E-state index contributed by atoms with van der Waals surface area (Å²) in [4.78, 5) is 16.0. The van der Waals surface area contributed by atoms with Crippen molar-refractivity contribution >= 4 is 23.2 Å². The van der Waals surface area contributed by atoms with Gasteiger partial charge in [0.05, 0.1) is 24.7 Å². The highest BCUT2D eigenvalue weighted by Gasteiger charge is 2.21. The van der Waals surface area contributed by atoms with Crippen molar-refractivity contribution in [3.8, 4) is 5.88 Å². The van der Waals surface area contributed by atoms with E-state index in [2.05, 4.69) is 15.4 Å². The Bertz CT molecular complexity index is 609. The third-order valence-corrected chi connectivity index (χ3v) is 3.00. The number of aryl methyl sites for hydroxylation is 1. The summed E-state index contributed by atoms with van der Waals surface area (Å²) in [5.41, 5.74) is 1.000. The number of carbonyl (C=O) groups excluding carboxylic acids is 1. The minimum absolute atomic E-state index is 0.271. The molecule has 98 valence electrons. The van der Waals surface area contributed by atoms with E-state index < -0.39 is 0 Å². The summed E-state index contributed by atoms with van der Waals surface area (Å²) in [6.45, 7) is 1.37. The first-order chi connectivity index (χ1) is 9.24. The predicted molar refractivity (Wildman–Crippen MR) is 69.5 cm³/mol. The van der Waals surface area contributed by atoms with E-state index in [1.807, 2.05) is 0 Å². The van der Waals surface area contributed by atoms with Crippen LogP contribution in [0.1, 0.15) is 16.8 Å². The molecule has 1 aliphatic heterocycles. The Hall–Kier alpha value is -2.08. The zero-order valence-electron chi connectivity index (χ0n) is 9.97. The first kappa shape index (κ1) is 12.0. The van der Waals surface area contributed by atoms with E-state index in [1.165, 1.54) is 12.4 Å². The number of amides is 1. The molecule has 2 aromatic heterocycles. The Kier molecular flexibility index (Phi) is 3.08. The number of hydrogen-bond acceptors (Lipinski definition) is 4. The quantitative estimate of drug-likeness (QED) is 0.853. The molecule has 7 heteroatoms. The Labute approximate surface area is 114 Å². The van der Waals surface area contributed by atoms with Crippen molar-refractivity contribution in [2.45, 2.75) is 13.0 Å². The summed E-state index contributed by atoms with van der Waals surface area (Å²) in [6.07, 6.45) is 3.91. The molecular formula is C12H11ClN4O2. The Morgan fingerprint density at radius 1 is 1.42 bits per heavy atom. The normalized spacial score (nSPS) is 13.5.